The number of amides is 1. The van der Waals surface area contributed by atoms with Crippen molar-refractivity contribution < 1.29 is 23.5 Å². The Labute approximate surface area is 134 Å². The molecule has 1 aromatic carbocycles. The fourth-order valence-electron chi connectivity index (χ4n) is 2.10. The van der Waals surface area contributed by atoms with Gasteiger partial charge in [0, 0.05) is 24.8 Å². The summed E-state index contributed by atoms with van der Waals surface area (Å²) in [5.74, 6) is 0.991. The first-order valence-corrected chi connectivity index (χ1v) is 7.08. The van der Waals surface area contributed by atoms with E-state index in [0.29, 0.717) is 23.8 Å². The summed E-state index contributed by atoms with van der Waals surface area (Å²) in [5, 5.41) is 6.69. The summed E-state index contributed by atoms with van der Waals surface area (Å²) >= 11 is 0. The van der Waals surface area contributed by atoms with Crippen molar-refractivity contribution >= 4 is 5.91 Å². The summed E-state index contributed by atoms with van der Waals surface area (Å²) < 4.78 is 20.5. The molecule has 0 aliphatic carbocycles. The lowest BCUT2D eigenvalue weighted by atomic mass is 10.1. The molecule has 1 N–H and O–H groups in total. The van der Waals surface area contributed by atoms with Crippen molar-refractivity contribution in [2.75, 3.05) is 27.9 Å². The minimum atomic E-state index is -0.339. The number of rotatable bonds is 7. The van der Waals surface area contributed by atoms with Gasteiger partial charge >= 0.3 is 0 Å². The maximum absolute atomic E-state index is 12.1. The van der Waals surface area contributed by atoms with Crippen LogP contribution in [-0.2, 0) is 4.74 Å². The Bertz CT molecular complexity index is 668. The number of benzene rings is 1. The summed E-state index contributed by atoms with van der Waals surface area (Å²) in [5.41, 5.74) is 1.30. The number of nitrogens with one attached hydrogen (secondary N) is 1. The smallest absolute Gasteiger partial charge is 0.290 e. The van der Waals surface area contributed by atoms with E-state index < -0.39 is 0 Å². The first-order chi connectivity index (χ1) is 11.1. The van der Waals surface area contributed by atoms with Crippen molar-refractivity contribution in [3.05, 3.63) is 30.0 Å². The van der Waals surface area contributed by atoms with Crippen LogP contribution < -0.4 is 14.8 Å². The molecule has 1 heterocycles. The maximum Gasteiger partial charge on any atom is 0.290 e. The van der Waals surface area contributed by atoms with E-state index >= 15 is 0 Å². The summed E-state index contributed by atoms with van der Waals surface area (Å²) in [6, 6.07) is 6.81. The van der Waals surface area contributed by atoms with Crippen molar-refractivity contribution in [3.8, 4) is 22.8 Å². The second kappa shape index (κ2) is 7.64. The monoisotopic (exact) mass is 320 g/mol. The van der Waals surface area contributed by atoms with E-state index in [1.165, 1.54) is 0 Å². The van der Waals surface area contributed by atoms with Gasteiger partial charge in [0.05, 0.1) is 20.8 Å². The molecule has 0 radical (unpaired) electrons. The molecule has 0 bridgehead atoms. The van der Waals surface area contributed by atoms with Crippen LogP contribution in [0.2, 0.25) is 0 Å². The number of carbonyl (C=O) groups is 1. The molecule has 23 heavy (non-hydrogen) atoms. The minimum absolute atomic E-state index is 0.123. The average molecular weight is 320 g/mol. The number of hydrogen-bond donors (Lipinski definition) is 1. The maximum atomic E-state index is 12.1. The van der Waals surface area contributed by atoms with E-state index in [9.17, 15) is 4.79 Å². The van der Waals surface area contributed by atoms with Crippen LogP contribution in [0.25, 0.3) is 11.3 Å². The van der Waals surface area contributed by atoms with Gasteiger partial charge in [-0.1, -0.05) is 5.16 Å². The summed E-state index contributed by atoms with van der Waals surface area (Å²) in [6.45, 7) is 2.26. The molecule has 2 aromatic rings. The Kier molecular flexibility index (Phi) is 5.59. The van der Waals surface area contributed by atoms with E-state index in [0.717, 1.165) is 5.56 Å². The standard InChI is InChI=1S/C16H20N2O5/c1-10(9-20-2)17-16(19)15-8-12(18-23-15)11-5-6-13(21-3)14(7-11)22-4/h5-8,10H,9H2,1-4H3,(H,17,19)/t10-/m0/s1. The van der Waals surface area contributed by atoms with Crippen LogP contribution >= 0.6 is 0 Å². The molecule has 0 unspecified atom stereocenters. The molecule has 0 fully saturated rings. The molecule has 1 atom stereocenters. The second-order valence-electron chi connectivity index (χ2n) is 4.98. The molecular weight excluding hydrogens is 300 g/mol. The van der Waals surface area contributed by atoms with E-state index in [1.54, 1.807) is 39.5 Å². The summed E-state index contributed by atoms with van der Waals surface area (Å²) in [7, 11) is 4.70. The molecule has 7 nitrogen and oxygen atoms in total. The molecule has 2 rings (SSSR count). The zero-order valence-corrected chi connectivity index (χ0v) is 13.6. The van der Waals surface area contributed by atoms with Gasteiger partial charge in [0.15, 0.2) is 11.5 Å². The van der Waals surface area contributed by atoms with Gasteiger partial charge in [-0.15, -0.1) is 0 Å². The van der Waals surface area contributed by atoms with Crippen molar-refractivity contribution in [1.29, 1.82) is 0 Å². The van der Waals surface area contributed by atoms with Gasteiger partial charge < -0.3 is 24.1 Å². The largest absolute Gasteiger partial charge is 0.493 e. The van der Waals surface area contributed by atoms with E-state index in [2.05, 4.69) is 10.5 Å². The third kappa shape index (κ3) is 4.01. The number of aromatic nitrogens is 1. The normalized spacial score (nSPS) is 11.8. The van der Waals surface area contributed by atoms with Gasteiger partial charge in [0.25, 0.3) is 5.91 Å². The van der Waals surface area contributed by atoms with Gasteiger partial charge in [-0.25, -0.2) is 0 Å². The van der Waals surface area contributed by atoms with E-state index in [1.807, 2.05) is 13.0 Å². The van der Waals surface area contributed by atoms with Gasteiger partial charge in [-0.05, 0) is 25.1 Å². The number of ether oxygens (including phenoxy) is 3. The predicted octanol–water partition coefficient (Wildman–Crippen LogP) is 2.12. The third-order valence-electron chi connectivity index (χ3n) is 3.21. The molecule has 0 saturated heterocycles. The average Bonchev–Trinajstić information content (AvgIpc) is 3.04. The van der Waals surface area contributed by atoms with Crippen LogP contribution in [0.5, 0.6) is 11.5 Å². The second-order valence-corrected chi connectivity index (χ2v) is 4.98. The third-order valence-corrected chi connectivity index (χ3v) is 3.21. The number of carbonyl (C=O) groups excluding carboxylic acids is 1. The number of methoxy groups -OCH3 is 3. The summed E-state index contributed by atoms with van der Waals surface area (Å²) in [6.07, 6.45) is 0. The molecule has 0 spiro atoms. The Morgan fingerprint density at radius 3 is 2.61 bits per heavy atom. The zero-order chi connectivity index (χ0) is 16.8. The quantitative estimate of drug-likeness (QED) is 0.841. The topological polar surface area (TPSA) is 82.8 Å². The van der Waals surface area contributed by atoms with Crippen LogP contribution in [0.4, 0.5) is 0 Å². The lowest BCUT2D eigenvalue weighted by Gasteiger charge is -2.10. The van der Waals surface area contributed by atoms with Crippen LogP contribution in [0, 0.1) is 0 Å². The minimum Gasteiger partial charge on any atom is -0.493 e. The summed E-state index contributed by atoms with van der Waals surface area (Å²) in [4.78, 5) is 12.1. The van der Waals surface area contributed by atoms with Gasteiger partial charge in [0.2, 0.25) is 5.76 Å². The first-order valence-electron chi connectivity index (χ1n) is 7.08. The highest BCUT2D eigenvalue weighted by Crippen LogP contribution is 2.31. The number of hydrogen-bond acceptors (Lipinski definition) is 6. The highest BCUT2D eigenvalue weighted by atomic mass is 16.5. The fourth-order valence-corrected chi connectivity index (χ4v) is 2.10. The lowest BCUT2D eigenvalue weighted by Crippen LogP contribution is -2.35. The molecule has 124 valence electrons. The van der Waals surface area contributed by atoms with Crippen LogP contribution in [-0.4, -0.2) is 45.0 Å². The molecule has 0 saturated carbocycles. The molecule has 1 amide bonds. The highest BCUT2D eigenvalue weighted by Gasteiger charge is 2.17. The molecular formula is C16H20N2O5. The van der Waals surface area contributed by atoms with E-state index in [4.69, 9.17) is 18.7 Å². The Morgan fingerprint density at radius 1 is 1.22 bits per heavy atom. The highest BCUT2D eigenvalue weighted by molar-refractivity contribution is 5.92. The molecule has 0 aliphatic rings. The van der Waals surface area contributed by atoms with Crippen LogP contribution in [0.3, 0.4) is 0 Å². The van der Waals surface area contributed by atoms with Crippen molar-refractivity contribution in [2.24, 2.45) is 0 Å². The number of nitrogens with zero attached hydrogens (tertiary/aromatic N) is 1. The van der Waals surface area contributed by atoms with E-state index in [-0.39, 0.29) is 17.7 Å². The Morgan fingerprint density at radius 2 is 1.96 bits per heavy atom. The fraction of sp³-hybridized carbons (Fsp3) is 0.375. The predicted molar refractivity (Wildman–Crippen MR) is 83.8 cm³/mol. The van der Waals surface area contributed by atoms with Gasteiger partial charge in [-0.3, -0.25) is 4.79 Å². The Hall–Kier alpha value is -2.54. The molecule has 1 aromatic heterocycles. The van der Waals surface area contributed by atoms with Crippen LogP contribution in [0.1, 0.15) is 17.5 Å². The van der Waals surface area contributed by atoms with Crippen molar-refractivity contribution in [3.63, 3.8) is 0 Å². The molecule has 0 aliphatic heterocycles. The molecule has 7 heteroatoms. The lowest BCUT2D eigenvalue weighted by molar-refractivity contribution is 0.0869. The van der Waals surface area contributed by atoms with Crippen LogP contribution in [0.15, 0.2) is 28.8 Å². The van der Waals surface area contributed by atoms with Crippen molar-refractivity contribution in [2.45, 2.75) is 13.0 Å². The van der Waals surface area contributed by atoms with Gasteiger partial charge in [-0.2, -0.15) is 0 Å². The zero-order valence-electron chi connectivity index (χ0n) is 13.6. The SMILES string of the molecule is COC[C@H](C)NC(=O)c1cc(-c2ccc(OC)c(OC)c2)no1. The Balaban J connectivity index is 2.17. The van der Waals surface area contributed by atoms with Crippen molar-refractivity contribution in [1.82, 2.24) is 10.5 Å². The first kappa shape index (κ1) is 16.8. The van der Waals surface area contributed by atoms with Gasteiger partial charge in [0.1, 0.15) is 5.69 Å².